The molecule has 28 heavy (non-hydrogen) atoms. The molecule has 2 aromatic rings. The van der Waals surface area contributed by atoms with E-state index in [4.69, 9.17) is 25.8 Å². The minimum Gasteiger partial charge on any atom is -0.493 e. The topological polar surface area (TPSA) is 48.0 Å². The van der Waals surface area contributed by atoms with Crippen LogP contribution in [0.4, 0.5) is 0 Å². The Morgan fingerprint density at radius 2 is 1.71 bits per heavy atom. The van der Waals surface area contributed by atoms with Gasteiger partial charge in [-0.05, 0) is 61.3 Å². The highest BCUT2D eigenvalue weighted by molar-refractivity contribution is 6.30. The van der Waals surface area contributed by atoms with Crippen molar-refractivity contribution in [1.29, 1.82) is 0 Å². The van der Waals surface area contributed by atoms with Crippen LogP contribution in [0.5, 0.6) is 17.2 Å². The molecule has 0 spiro atoms. The second kappa shape index (κ2) is 9.30. The number of likely N-dealkylation sites (tertiary alicyclic amines) is 1. The van der Waals surface area contributed by atoms with Crippen LogP contribution in [0.2, 0.25) is 5.02 Å². The Morgan fingerprint density at radius 1 is 1.07 bits per heavy atom. The highest BCUT2D eigenvalue weighted by Crippen LogP contribution is 2.38. The van der Waals surface area contributed by atoms with Crippen molar-refractivity contribution in [3.63, 3.8) is 0 Å². The van der Waals surface area contributed by atoms with E-state index in [9.17, 15) is 4.79 Å². The number of hydrogen-bond acceptors (Lipinski definition) is 5. The van der Waals surface area contributed by atoms with Gasteiger partial charge in [-0.25, -0.2) is 0 Å². The Hall–Kier alpha value is -2.24. The Kier molecular flexibility index (Phi) is 6.81. The van der Waals surface area contributed by atoms with Gasteiger partial charge in [0.05, 0.1) is 21.3 Å². The molecule has 0 aromatic heterocycles. The average molecular weight is 404 g/mol. The molecule has 1 saturated heterocycles. The Balaban J connectivity index is 1.73. The van der Waals surface area contributed by atoms with Crippen molar-refractivity contribution in [3.05, 3.63) is 52.5 Å². The predicted octanol–water partition coefficient (Wildman–Crippen LogP) is 4.46. The van der Waals surface area contributed by atoms with Gasteiger partial charge in [0.2, 0.25) is 5.75 Å². The van der Waals surface area contributed by atoms with E-state index in [1.165, 1.54) is 0 Å². The van der Waals surface area contributed by atoms with E-state index in [0.717, 1.165) is 43.6 Å². The molecule has 0 saturated carbocycles. The molecule has 0 N–H and O–H groups in total. The fraction of sp³-hybridized carbons (Fsp3) is 0.409. The largest absolute Gasteiger partial charge is 0.493 e. The fourth-order valence-electron chi connectivity index (χ4n) is 3.75. The third-order valence-electron chi connectivity index (χ3n) is 5.14. The summed E-state index contributed by atoms with van der Waals surface area (Å²) in [6.07, 6.45) is 1.90. The van der Waals surface area contributed by atoms with E-state index in [1.807, 2.05) is 24.3 Å². The fourth-order valence-corrected chi connectivity index (χ4v) is 3.87. The molecule has 0 unspecified atom stereocenters. The first-order chi connectivity index (χ1) is 13.5. The van der Waals surface area contributed by atoms with Gasteiger partial charge in [-0.1, -0.05) is 11.6 Å². The number of piperidine rings is 1. The second-order valence-corrected chi connectivity index (χ2v) is 7.42. The van der Waals surface area contributed by atoms with E-state index >= 15 is 0 Å². The Labute approximate surface area is 171 Å². The lowest BCUT2D eigenvalue weighted by Gasteiger charge is -2.32. The van der Waals surface area contributed by atoms with Gasteiger partial charge in [0.1, 0.15) is 0 Å². The number of hydrogen-bond donors (Lipinski definition) is 0. The van der Waals surface area contributed by atoms with E-state index < -0.39 is 0 Å². The third kappa shape index (κ3) is 4.59. The maximum atomic E-state index is 12.9. The minimum absolute atomic E-state index is 0.00281. The van der Waals surface area contributed by atoms with Gasteiger partial charge in [-0.15, -0.1) is 0 Å². The molecule has 1 aliphatic heterocycles. The summed E-state index contributed by atoms with van der Waals surface area (Å²) in [4.78, 5) is 15.2. The first-order valence-corrected chi connectivity index (χ1v) is 9.74. The van der Waals surface area contributed by atoms with Crippen molar-refractivity contribution in [2.75, 3.05) is 34.4 Å². The number of Topliss-reactive ketones (excluding diaryl/α,β-unsaturated/α-hetero) is 1. The summed E-state index contributed by atoms with van der Waals surface area (Å²) in [5.41, 5.74) is 1.79. The molecular weight excluding hydrogens is 378 g/mol. The van der Waals surface area contributed by atoms with E-state index in [2.05, 4.69) is 4.90 Å². The van der Waals surface area contributed by atoms with E-state index in [1.54, 1.807) is 33.5 Å². The number of carbonyl (C=O) groups excluding carboxylic acids is 1. The maximum absolute atomic E-state index is 12.9. The van der Waals surface area contributed by atoms with Crippen LogP contribution < -0.4 is 14.2 Å². The van der Waals surface area contributed by atoms with Crippen LogP contribution in [0.15, 0.2) is 36.4 Å². The maximum Gasteiger partial charge on any atom is 0.203 e. The number of rotatable bonds is 7. The Morgan fingerprint density at radius 3 is 2.29 bits per heavy atom. The second-order valence-electron chi connectivity index (χ2n) is 6.98. The quantitative estimate of drug-likeness (QED) is 0.639. The van der Waals surface area contributed by atoms with Gasteiger partial charge in [-0.2, -0.15) is 0 Å². The van der Waals surface area contributed by atoms with Crippen molar-refractivity contribution in [1.82, 2.24) is 4.90 Å². The van der Waals surface area contributed by atoms with Gasteiger partial charge in [-0.3, -0.25) is 9.69 Å². The van der Waals surface area contributed by atoms with Gasteiger partial charge in [0.15, 0.2) is 17.3 Å². The molecule has 1 aliphatic rings. The molecule has 5 nitrogen and oxygen atoms in total. The Bertz CT molecular complexity index is 797. The zero-order valence-corrected chi connectivity index (χ0v) is 17.3. The summed E-state index contributed by atoms with van der Waals surface area (Å²) in [6.45, 7) is 2.42. The molecule has 2 aromatic carbocycles. The van der Waals surface area contributed by atoms with Crippen molar-refractivity contribution >= 4 is 17.4 Å². The van der Waals surface area contributed by atoms with Gasteiger partial charge < -0.3 is 14.2 Å². The first kappa shape index (κ1) is 20.5. The molecule has 0 radical (unpaired) electrons. The zero-order chi connectivity index (χ0) is 20.1. The number of halogens is 1. The normalized spacial score (nSPS) is 17.2. The summed E-state index contributed by atoms with van der Waals surface area (Å²) in [5, 5.41) is 0.643. The smallest absolute Gasteiger partial charge is 0.203 e. The van der Waals surface area contributed by atoms with Crippen LogP contribution in [0.25, 0.3) is 0 Å². The highest BCUT2D eigenvalue weighted by Gasteiger charge is 2.27. The lowest BCUT2D eigenvalue weighted by molar-refractivity contribution is 0.0811. The molecular formula is C22H26ClNO4. The van der Waals surface area contributed by atoms with Gasteiger partial charge in [0.25, 0.3) is 0 Å². The van der Waals surface area contributed by atoms with Crippen LogP contribution in [0.3, 0.4) is 0 Å². The number of nitrogens with zero attached hydrogens (tertiary/aromatic N) is 1. The highest BCUT2D eigenvalue weighted by atomic mass is 35.5. The minimum atomic E-state index is -0.00281. The number of ketones is 1. The molecule has 0 bridgehead atoms. The third-order valence-corrected chi connectivity index (χ3v) is 5.39. The van der Waals surface area contributed by atoms with Crippen molar-refractivity contribution in [2.24, 2.45) is 5.92 Å². The summed E-state index contributed by atoms with van der Waals surface area (Å²) >= 11 is 5.94. The monoisotopic (exact) mass is 403 g/mol. The molecule has 0 amide bonds. The van der Waals surface area contributed by atoms with E-state index in [0.29, 0.717) is 22.3 Å². The number of ether oxygens (including phenoxy) is 3. The number of carbonyl (C=O) groups is 1. The molecule has 150 valence electrons. The van der Waals surface area contributed by atoms with Crippen molar-refractivity contribution in [2.45, 2.75) is 19.4 Å². The summed E-state index contributed by atoms with van der Waals surface area (Å²) in [6, 6.07) is 11.1. The van der Waals surface area contributed by atoms with Crippen LogP contribution in [-0.4, -0.2) is 45.1 Å². The lowest BCUT2D eigenvalue weighted by atomic mass is 9.90. The van der Waals surface area contributed by atoms with Crippen LogP contribution in [-0.2, 0) is 6.54 Å². The summed E-state index contributed by atoms with van der Waals surface area (Å²) in [7, 11) is 4.82. The molecule has 1 atom stereocenters. The van der Waals surface area contributed by atoms with Gasteiger partial charge >= 0.3 is 0 Å². The molecule has 0 aliphatic carbocycles. The van der Waals surface area contributed by atoms with E-state index in [-0.39, 0.29) is 11.7 Å². The molecule has 3 rings (SSSR count). The number of methoxy groups -OCH3 is 3. The number of benzene rings is 2. The van der Waals surface area contributed by atoms with Crippen LogP contribution in [0, 0.1) is 5.92 Å². The zero-order valence-electron chi connectivity index (χ0n) is 16.5. The molecule has 6 heteroatoms. The van der Waals surface area contributed by atoms with Crippen LogP contribution >= 0.6 is 11.6 Å². The van der Waals surface area contributed by atoms with Crippen molar-refractivity contribution < 1.29 is 19.0 Å². The molecule has 1 heterocycles. The summed E-state index contributed by atoms with van der Waals surface area (Å²) in [5.74, 6) is 2.05. The predicted molar refractivity (Wildman–Crippen MR) is 110 cm³/mol. The van der Waals surface area contributed by atoms with Crippen LogP contribution in [0.1, 0.15) is 28.8 Å². The average Bonchev–Trinajstić information content (AvgIpc) is 2.73. The first-order valence-electron chi connectivity index (χ1n) is 9.36. The van der Waals surface area contributed by atoms with Crippen molar-refractivity contribution in [3.8, 4) is 17.2 Å². The lowest BCUT2D eigenvalue weighted by Crippen LogP contribution is -2.38. The van der Waals surface area contributed by atoms with Gasteiger partial charge in [0, 0.05) is 29.6 Å². The SMILES string of the molecule is COc1cc(CN2CCC[C@@H](C(=O)c3ccc(Cl)cc3)C2)cc(OC)c1OC. The summed E-state index contributed by atoms with van der Waals surface area (Å²) < 4.78 is 16.3. The molecule has 1 fully saturated rings. The standard InChI is InChI=1S/C22H26ClNO4/c1-26-19-11-15(12-20(27-2)22(19)28-3)13-24-10-4-5-17(14-24)21(25)16-6-8-18(23)9-7-16/h6-9,11-12,17H,4-5,10,13-14H2,1-3H3/t17-/m1/s1.